The Morgan fingerprint density at radius 3 is 0.909 bits per heavy atom. The monoisotopic (exact) mass is 619 g/mol. The van der Waals surface area contributed by atoms with Gasteiger partial charge < -0.3 is 10.6 Å². The average Bonchev–Trinajstić information content (AvgIpc) is 3.02. The van der Waals surface area contributed by atoms with Crippen molar-refractivity contribution in [2.75, 3.05) is 13.1 Å². The van der Waals surface area contributed by atoms with Crippen molar-refractivity contribution in [1.82, 2.24) is 10.6 Å². The number of allylic oxidation sites excluding steroid dienone is 2. The van der Waals surface area contributed by atoms with Crippen molar-refractivity contribution in [3.05, 3.63) is 12.2 Å². The Morgan fingerprint density at radius 2 is 0.614 bits per heavy atom. The number of nitrogens with one attached hydrogen (secondary N) is 2. The summed E-state index contributed by atoms with van der Waals surface area (Å²) in [5.74, 6) is 0.245. The summed E-state index contributed by atoms with van der Waals surface area (Å²) in [6.45, 7) is 5.63. The van der Waals surface area contributed by atoms with Gasteiger partial charge in [-0.3, -0.25) is 9.59 Å². The molecule has 0 saturated heterocycles. The molecule has 0 aliphatic carbocycles. The lowest BCUT2D eigenvalue weighted by Crippen LogP contribution is -2.34. The highest BCUT2D eigenvalue weighted by molar-refractivity contribution is 5.77. The van der Waals surface area contributed by atoms with Crippen molar-refractivity contribution < 1.29 is 9.59 Å². The van der Waals surface area contributed by atoms with Crippen LogP contribution in [0.25, 0.3) is 0 Å². The normalized spacial score (nSPS) is 11.4. The standard InChI is InChI=1S/C40H78N2O2/c1-3-5-7-9-11-13-15-17-18-19-20-21-22-24-26-28-30-32-34-36-40(44)42-38-37-41-39(43)35-33-31-29-27-25-23-16-14-12-10-8-6-4-2/h17-18H,3-16,19-38H2,1-2H3,(H,41,43)(H,42,44)/b18-17-. The van der Waals surface area contributed by atoms with Crippen LogP contribution in [0.3, 0.4) is 0 Å². The van der Waals surface area contributed by atoms with Gasteiger partial charge in [-0.1, -0.05) is 180 Å². The lowest BCUT2D eigenvalue weighted by molar-refractivity contribution is -0.123. The van der Waals surface area contributed by atoms with Gasteiger partial charge in [-0.05, 0) is 38.5 Å². The van der Waals surface area contributed by atoms with Crippen LogP contribution in [0.4, 0.5) is 0 Å². The summed E-state index contributed by atoms with van der Waals surface area (Å²) in [4.78, 5) is 24.1. The molecule has 44 heavy (non-hydrogen) atoms. The van der Waals surface area contributed by atoms with E-state index >= 15 is 0 Å². The maximum Gasteiger partial charge on any atom is 0.220 e. The largest absolute Gasteiger partial charge is 0.354 e. The second kappa shape index (κ2) is 37.9. The summed E-state index contributed by atoms with van der Waals surface area (Å²) in [6.07, 6.45) is 45.5. The first-order valence-corrected chi connectivity index (χ1v) is 19.9. The first-order valence-electron chi connectivity index (χ1n) is 19.9. The van der Waals surface area contributed by atoms with Crippen LogP contribution in [0.15, 0.2) is 12.2 Å². The van der Waals surface area contributed by atoms with Gasteiger partial charge in [0.25, 0.3) is 0 Å². The zero-order valence-corrected chi connectivity index (χ0v) is 30.0. The first kappa shape index (κ1) is 42.7. The molecule has 0 aromatic heterocycles. The molecule has 0 unspecified atom stereocenters. The van der Waals surface area contributed by atoms with E-state index in [1.807, 2.05) is 0 Å². The number of carbonyl (C=O) groups is 2. The van der Waals surface area contributed by atoms with Crippen molar-refractivity contribution in [1.29, 1.82) is 0 Å². The van der Waals surface area contributed by atoms with Crippen LogP contribution in [-0.2, 0) is 9.59 Å². The smallest absolute Gasteiger partial charge is 0.220 e. The Balaban J connectivity index is 3.28. The third-order valence-corrected chi connectivity index (χ3v) is 8.94. The van der Waals surface area contributed by atoms with Crippen LogP contribution < -0.4 is 10.6 Å². The van der Waals surface area contributed by atoms with E-state index in [4.69, 9.17) is 0 Å². The van der Waals surface area contributed by atoms with Gasteiger partial charge in [0.15, 0.2) is 0 Å². The fourth-order valence-corrected chi connectivity index (χ4v) is 5.95. The molecule has 0 aromatic carbocycles. The zero-order chi connectivity index (χ0) is 32.0. The number of amides is 2. The molecule has 0 aliphatic rings. The lowest BCUT2D eigenvalue weighted by atomic mass is 10.0. The number of carbonyl (C=O) groups excluding carboxylic acids is 2. The fourth-order valence-electron chi connectivity index (χ4n) is 5.95. The van der Waals surface area contributed by atoms with Gasteiger partial charge in [0.1, 0.15) is 0 Å². The molecule has 2 amide bonds. The van der Waals surface area contributed by atoms with E-state index in [0.717, 1.165) is 25.7 Å². The van der Waals surface area contributed by atoms with Crippen molar-refractivity contribution in [2.24, 2.45) is 0 Å². The van der Waals surface area contributed by atoms with Crippen LogP contribution in [-0.4, -0.2) is 24.9 Å². The third-order valence-electron chi connectivity index (χ3n) is 8.94. The third kappa shape index (κ3) is 36.9. The summed E-state index contributed by atoms with van der Waals surface area (Å²) in [6, 6.07) is 0. The van der Waals surface area contributed by atoms with Crippen molar-refractivity contribution in [3.8, 4) is 0 Å². The highest BCUT2D eigenvalue weighted by atomic mass is 16.2. The number of unbranched alkanes of at least 4 members (excludes halogenated alkanes) is 27. The van der Waals surface area contributed by atoms with Gasteiger partial charge >= 0.3 is 0 Å². The molecule has 2 N–H and O–H groups in total. The molecule has 4 nitrogen and oxygen atoms in total. The average molecular weight is 619 g/mol. The predicted molar refractivity (Wildman–Crippen MR) is 194 cm³/mol. The highest BCUT2D eigenvalue weighted by Crippen LogP contribution is 2.14. The first-order chi connectivity index (χ1) is 21.7. The molecule has 4 heteroatoms. The molecule has 260 valence electrons. The quantitative estimate of drug-likeness (QED) is 0.0542. The number of rotatable bonds is 36. The van der Waals surface area contributed by atoms with E-state index in [1.54, 1.807) is 0 Å². The van der Waals surface area contributed by atoms with Crippen LogP contribution in [0.2, 0.25) is 0 Å². The van der Waals surface area contributed by atoms with Crippen LogP contribution >= 0.6 is 0 Å². The van der Waals surface area contributed by atoms with Crippen LogP contribution in [0.5, 0.6) is 0 Å². The second-order valence-electron chi connectivity index (χ2n) is 13.4. The minimum atomic E-state index is 0.122. The SMILES string of the molecule is CCCCCCCC/C=C\CCCCCCCCCCCC(=O)NCCNC(=O)CCCCCCCCCCCCCCC. The molecule has 0 saturated carbocycles. The van der Waals surface area contributed by atoms with Crippen molar-refractivity contribution in [2.45, 2.75) is 219 Å². The van der Waals surface area contributed by atoms with E-state index in [0.29, 0.717) is 25.9 Å². The Bertz CT molecular complexity index is 618. The molecule has 0 aliphatic heterocycles. The number of hydrogen-bond donors (Lipinski definition) is 2. The van der Waals surface area contributed by atoms with Gasteiger partial charge in [-0.2, -0.15) is 0 Å². The summed E-state index contributed by atoms with van der Waals surface area (Å²) in [7, 11) is 0. The van der Waals surface area contributed by atoms with E-state index < -0.39 is 0 Å². The van der Waals surface area contributed by atoms with Gasteiger partial charge in [-0.25, -0.2) is 0 Å². The molecule has 0 bridgehead atoms. The molecule has 0 spiro atoms. The summed E-state index contributed by atoms with van der Waals surface area (Å²) in [5, 5.41) is 5.91. The topological polar surface area (TPSA) is 58.2 Å². The van der Waals surface area contributed by atoms with E-state index in [9.17, 15) is 9.59 Å². The molecule has 0 fully saturated rings. The summed E-state index contributed by atoms with van der Waals surface area (Å²) >= 11 is 0. The van der Waals surface area contributed by atoms with Crippen LogP contribution in [0.1, 0.15) is 219 Å². The Morgan fingerprint density at radius 1 is 0.364 bits per heavy atom. The van der Waals surface area contributed by atoms with Gasteiger partial charge in [-0.15, -0.1) is 0 Å². The van der Waals surface area contributed by atoms with E-state index in [1.165, 1.54) is 167 Å². The lowest BCUT2D eigenvalue weighted by Gasteiger charge is -2.07. The second-order valence-corrected chi connectivity index (χ2v) is 13.4. The van der Waals surface area contributed by atoms with Gasteiger partial charge in [0.2, 0.25) is 11.8 Å². The van der Waals surface area contributed by atoms with Gasteiger partial charge in [0, 0.05) is 25.9 Å². The molecule has 0 heterocycles. The minimum absolute atomic E-state index is 0.122. The van der Waals surface area contributed by atoms with Gasteiger partial charge in [0.05, 0.1) is 0 Å². The summed E-state index contributed by atoms with van der Waals surface area (Å²) in [5.41, 5.74) is 0. The zero-order valence-electron chi connectivity index (χ0n) is 30.0. The Hall–Kier alpha value is -1.32. The number of hydrogen-bond acceptors (Lipinski definition) is 2. The molecule has 0 rings (SSSR count). The maximum absolute atomic E-state index is 12.1. The molecular weight excluding hydrogens is 540 g/mol. The molecule has 0 aromatic rings. The maximum atomic E-state index is 12.1. The molecule has 0 radical (unpaired) electrons. The Kier molecular flexibility index (Phi) is 36.7. The highest BCUT2D eigenvalue weighted by Gasteiger charge is 2.03. The fraction of sp³-hybridized carbons (Fsp3) is 0.900. The van der Waals surface area contributed by atoms with Crippen LogP contribution in [0, 0.1) is 0 Å². The predicted octanol–water partition coefficient (Wildman–Crippen LogP) is 12.3. The van der Waals surface area contributed by atoms with Crippen molar-refractivity contribution >= 4 is 11.8 Å². The minimum Gasteiger partial charge on any atom is -0.354 e. The Labute approximate surface area is 276 Å². The van der Waals surface area contributed by atoms with E-state index in [-0.39, 0.29) is 11.8 Å². The molecule has 0 atom stereocenters. The van der Waals surface area contributed by atoms with E-state index in [2.05, 4.69) is 36.6 Å². The summed E-state index contributed by atoms with van der Waals surface area (Å²) < 4.78 is 0. The molecular formula is C40H78N2O2. The van der Waals surface area contributed by atoms with Crippen molar-refractivity contribution in [3.63, 3.8) is 0 Å².